The highest BCUT2D eigenvalue weighted by atomic mass is 32.1. The van der Waals surface area contributed by atoms with Crippen molar-refractivity contribution in [1.29, 1.82) is 0 Å². The molecule has 0 aliphatic heterocycles. The molecule has 0 radical (unpaired) electrons. The number of fused-ring (bicyclic) bond motifs is 2. The Morgan fingerprint density at radius 1 is 1.14 bits per heavy atom. The number of benzene rings is 1. The molecular weight excluding hydrogens is 298 g/mol. The fraction of sp³-hybridized carbons (Fsp3) is 0.125. The number of H-pyrrole nitrogens is 3. The highest BCUT2D eigenvalue weighted by Gasteiger charge is 2.16. The van der Waals surface area contributed by atoms with Crippen molar-refractivity contribution in [3.8, 4) is 11.3 Å². The molecule has 0 unspecified atom stereocenters. The zero-order chi connectivity index (χ0) is 15.3. The minimum Gasteiger partial charge on any atom is -0.361 e. The molecule has 110 valence electrons. The Hall–Kier alpha value is -2.60. The van der Waals surface area contributed by atoms with Gasteiger partial charge in [0.2, 0.25) is 0 Å². The predicted octanol–water partition coefficient (Wildman–Crippen LogP) is 2.99. The van der Waals surface area contributed by atoms with Crippen LogP contribution in [0.4, 0.5) is 0 Å². The lowest BCUT2D eigenvalue weighted by Crippen LogP contribution is -2.15. The minimum absolute atomic E-state index is 0.230. The van der Waals surface area contributed by atoms with Crippen LogP contribution in [0.25, 0.3) is 32.2 Å². The third kappa shape index (κ3) is 1.77. The van der Waals surface area contributed by atoms with E-state index in [1.165, 1.54) is 11.5 Å². The van der Waals surface area contributed by atoms with E-state index in [9.17, 15) is 9.59 Å². The topological polar surface area (TPSA) is 81.5 Å². The Labute approximate surface area is 128 Å². The van der Waals surface area contributed by atoms with E-state index < -0.39 is 0 Å². The van der Waals surface area contributed by atoms with Gasteiger partial charge in [0.15, 0.2) is 0 Å². The van der Waals surface area contributed by atoms with Crippen molar-refractivity contribution < 1.29 is 0 Å². The summed E-state index contributed by atoms with van der Waals surface area (Å²) in [7, 11) is 0. The molecule has 0 spiro atoms. The zero-order valence-electron chi connectivity index (χ0n) is 11.8. The van der Waals surface area contributed by atoms with Gasteiger partial charge in [-0.3, -0.25) is 14.0 Å². The van der Waals surface area contributed by atoms with Crippen LogP contribution >= 0.6 is 11.5 Å². The lowest BCUT2D eigenvalue weighted by Gasteiger charge is -2.09. The van der Waals surface area contributed by atoms with E-state index in [0.717, 1.165) is 38.8 Å². The lowest BCUT2D eigenvalue weighted by atomic mass is 10.0. The number of rotatable bonds is 2. The molecule has 1 aromatic carbocycles. The molecule has 0 fully saturated rings. The van der Waals surface area contributed by atoms with Crippen LogP contribution in [-0.2, 0) is 6.42 Å². The fourth-order valence-corrected chi connectivity index (χ4v) is 3.83. The molecule has 0 amide bonds. The first-order valence-electron chi connectivity index (χ1n) is 7.03. The Bertz CT molecular complexity index is 1110. The molecule has 0 bridgehead atoms. The highest BCUT2D eigenvalue weighted by molar-refractivity contribution is 7.13. The van der Waals surface area contributed by atoms with Crippen molar-refractivity contribution in [3.05, 3.63) is 56.7 Å². The molecule has 3 heterocycles. The van der Waals surface area contributed by atoms with Gasteiger partial charge in [-0.1, -0.05) is 24.5 Å². The van der Waals surface area contributed by atoms with Crippen molar-refractivity contribution in [2.24, 2.45) is 0 Å². The van der Waals surface area contributed by atoms with Gasteiger partial charge < -0.3 is 9.97 Å². The summed E-state index contributed by atoms with van der Waals surface area (Å²) in [4.78, 5) is 30.1. The Morgan fingerprint density at radius 3 is 2.82 bits per heavy atom. The third-order valence-electron chi connectivity index (χ3n) is 3.94. The first kappa shape index (κ1) is 13.1. The number of aromatic nitrogens is 3. The van der Waals surface area contributed by atoms with Crippen LogP contribution in [0, 0.1) is 0 Å². The normalized spacial score (nSPS) is 11.5. The molecule has 0 saturated heterocycles. The zero-order valence-corrected chi connectivity index (χ0v) is 12.6. The van der Waals surface area contributed by atoms with Gasteiger partial charge in [0.25, 0.3) is 11.1 Å². The maximum absolute atomic E-state index is 12.3. The van der Waals surface area contributed by atoms with Crippen molar-refractivity contribution >= 4 is 32.5 Å². The van der Waals surface area contributed by atoms with Crippen molar-refractivity contribution in [1.82, 2.24) is 14.3 Å². The van der Waals surface area contributed by atoms with Crippen LogP contribution < -0.4 is 11.1 Å². The van der Waals surface area contributed by atoms with Gasteiger partial charge >= 0.3 is 0 Å². The Balaban J connectivity index is 2.09. The van der Waals surface area contributed by atoms with Crippen molar-refractivity contribution in [3.63, 3.8) is 0 Å². The maximum atomic E-state index is 12.3. The Kier molecular flexibility index (Phi) is 2.80. The highest BCUT2D eigenvalue weighted by Crippen LogP contribution is 2.29. The molecule has 22 heavy (non-hydrogen) atoms. The molecular formula is C16H13N3O2S. The molecule has 0 aliphatic rings. The van der Waals surface area contributed by atoms with E-state index in [-0.39, 0.29) is 16.5 Å². The van der Waals surface area contributed by atoms with Gasteiger partial charge in [0.05, 0.1) is 10.4 Å². The van der Waals surface area contributed by atoms with Gasteiger partial charge in [0.1, 0.15) is 5.39 Å². The molecule has 4 aromatic rings. The van der Waals surface area contributed by atoms with Gasteiger partial charge in [-0.05, 0) is 35.7 Å². The van der Waals surface area contributed by atoms with Gasteiger partial charge in [-0.15, -0.1) is 0 Å². The summed E-state index contributed by atoms with van der Waals surface area (Å²) in [5.74, 6) is 0. The van der Waals surface area contributed by atoms with Gasteiger partial charge in [-0.2, -0.15) is 0 Å². The second-order valence-corrected chi connectivity index (χ2v) is 5.99. The number of hydrogen-bond acceptors (Lipinski definition) is 3. The standard InChI is InChI=1S/C16H13N3O2S/c1-2-10-13(9-3-4-11-8(7-9)5-6-17-11)18-15(20)12-14(10)22-19-16(12)21/h3-7,17H,2H2,1H3,(H,18,20)(H,19,21). The lowest BCUT2D eigenvalue weighted by molar-refractivity contribution is 1.12. The summed E-state index contributed by atoms with van der Waals surface area (Å²) in [6, 6.07) is 8.00. The van der Waals surface area contributed by atoms with Gasteiger partial charge in [0, 0.05) is 17.1 Å². The first-order valence-corrected chi connectivity index (χ1v) is 7.84. The molecule has 4 rings (SSSR count). The van der Waals surface area contributed by atoms with Crippen molar-refractivity contribution in [2.75, 3.05) is 0 Å². The SMILES string of the molecule is CCc1c(-c2ccc3[nH]ccc3c2)[nH]c(=O)c2c(=O)[nH]sc12. The minimum atomic E-state index is -0.334. The average Bonchev–Trinajstić information content (AvgIpc) is 3.13. The van der Waals surface area contributed by atoms with Crippen LogP contribution in [0.15, 0.2) is 40.1 Å². The van der Waals surface area contributed by atoms with E-state index in [4.69, 9.17) is 0 Å². The maximum Gasteiger partial charge on any atom is 0.271 e. The molecule has 0 saturated carbocycles. The predicted molar refractivity (Wildman–Crippen MR) is 89.7 cm³/mol. The summed E-state index contributed by atoms with van der Waals surface area (Å²) in [5.41, 5.74) is 3.13. The van der Waals surface area contributed by atoms with E-state index in [1.807, 2.05) is 37.4 Å². The van der Waals surface area contributed by atoms with Crippen LogP contribution in [0.5, 0.6) is 0 Å². The summed E-state index contributed by atoms with van der Waals surface area (Å²) < 4.78 is 3.41. The Morgan fingerprint density at radius 2 is 2.00 bits per heavy atom. The number of hydrogen-bond donors (Lipinski definition) is 3. The summed E-state index contributed by atoms with van der Waals surface area (Å²) in [6.45, 7) is 2.02. The third-order valence-corrected chi connectivity index (χ3v) is 4.88. The molecule has 6 heteroatoms. The second-order valence-electron chi connectivity index (χ2n) is 5.18. The van der Waals surface area contributed by atoms with E-state index >= 15 is 0 Å². The monoisotopic (exact) mass is 311 g/mol. The molecule has 0 atom stereocenters. The number of aryl methyl sites for hydroxylation is 1. The number of pyridine rings is 1. The molecule has 3 aromatic heterocycles. The quantitative estimate of drug-likeness (QED) is 0.532. The first-order chi connectivity index (χ1) is 10.7. The number of aromatic amines is 3. The van der Waals surface area contributed by atoms with Crippen LogP contribution in [0.2, 0.25) is 0 Å². The van der Waals surface area contributed by atoms with Crippen molar-refractivity contribution in [2.45, 2.75) is 13.3 Å². The summed E-state index contributed by atoms with van der Waals surface area (Å²) in [6.07, 6.45) is 2.63. The largest absolute Gasteiger partial charge is 0.361 e. The summed E-state index contributed by atoms with van der Waals surface area (Å²) >= 11 is 1.23. The second kappa shape index (κ2) is 4.71. The number of nitrogens with one attached hydrogen (secondary N) is 3. The molecule has 0 aliphatic carbocycles. The fourth-order valence-electron chi connectivity index (χ4n) is 2.88. The van der Waals surface area contributed by atoms with E-state index in [0.29, 0.717) is 0 Å². The smallest absolute Gasteiger partial charge is 0.271 e. The van der Waals surface area contributed by atoms with E-state index in [2.05, 4.69) is 14.3 Å². The van der Waals surface area contributed by atoms with E-state index in [1.54, 1.807) is 0 Å². The average molecular weight is 311 g/mol. The van der Waals surface area contributed by atoms with Crippen LogP contribution in [0.1, 0.15) is 12.5 Å². The molecule has 3 N–H and O–H groups in total. The van der Waals surface area contributed by atoms with Crippen LogP contribution in [-0.4, -0.2) is 14.3 Å². The van der Waals surface area contributed by atoms with Crippen LogP contribution in [0.3, 0.4) is 0 Å². The summed E-state index contributed by atoms with van der Waals surface area (Å²) in [5, 5.41) is 1.32. The molecule has 5 nitrogen and oxygen atoms in total. The van der Waals surface area contributed by atoms with Gasteiger partial charge in [-0.25, -0.2) is 0 Å².